The lowest BCUT2D eigenvalue weighted by Crippen LogP contribution is -2.30. The number of aliphatic hydroxyl groups is 1. The monoisotopic (exact) mass is 491 g/mol. The molecule has 0 aliphatic carbocycles. The van der Waals surface area contributed by atoms with Gasteiger partial charge < -0.3 is 14.7 Å². The number of Topliss-reactive ketones (excluding diaryl/α,β-unsaturated/α-hetero) is 1. The molecule has 0 saturated carbocycles. The molecule has 1 aliphatic heterocycles. The third-order valence-corrected chi connectivity index (χ3v) is 6.82. The number of aliphatic hydroxyl groups excluding tert-OH is 1. The number of ether oxygens (including phenoxy) is 1. The Kier molecular flexibility index (Phi) is 8.65. The molecule has 0 bridgehead atoms. The van der Waals surface area contributed by atoms with Crippen LogP contribution in [-0.4, -0.2) is 34.8 Å². The highest BCUT2D eigenvalue weighted by atomic mass is 16.5. The number of likely N-dealkylation sites (tertiary alicyclic amines) is 1. The van der Waals surface area contributed by atoms with Gasteiger partial charge in [0, 0.05) is 17.7 Å². The number of unbranched alkanes of at least 4 members (excludes halogenated alkanes) is 2. The van der Waals surface area contributed by atoms with Gasteiger partial charge in [0.15, 0.2) is 0 Å². The molecule has 1 saturated heterocycles. The Morgan fingerprint density at radius 2 is 1.69 bits per heavy atom. The lowest BCUT2D eigenvalue weighted by Gasteiger charge is -2.26. The molecule has 1 heterocycles. The molecule has 2 aromatic rings. The predicted molar refractivity (Wildman–Crippen MR) is 145 cm³/mol. The van der Waals surface area contributed by atoms with Crippen LogP contribution in [0.25, 0.3) is 5.76 Å². The molecule has 0 spiro atoms. The largest absolute Gasteiger partial charge is 0.507 e. The fraction of sp³-hybridized carbons (Fsp3) is 0.484. The van der Waals surface area contributed by atoms with E-state index in [9.17, 15) is 14.7 Å². The van der Waals surface area contributed by atoms with Crippen molar-refractivity contribution < 1.29 is 19.4 Å². The van der Waals surface area contributed by atoms with Gasteiger partial charge in [0.2, 0.25) is 0 Å². The first-order chi connectivity index (χ1) is 17.0. The standard InChI is InChI=1S/C31H41NO4/c1-8-10-11-18-32-27(22-14-12-21(13-15-22)20(3)4)26(29(34)30(32)35)28(33)23-16-17-25(36-9-2)24(19-23)31(5,6)7/h12-17,19-20,27,33H,8-11,18H2,1-7H3/b28-26-. The topological polar surface area (TPSA) is 66.8 Å². The molecule has 3 rings (SSSR count). The fourth-order valence-electron chi connectivity index (χ4n) is 4.75. The van der Waals surface area contributed by atoms with Crippen LogP contribution < -0.4 is 4.74 Å². The number of benzene rings is 2. The number of hydrogen-bond acceptors (Lipinski definition) is 4. The number of carbonyl (C=O) groups excluding carboxylic acids is 2. The molecular weight excluding hydrogens is 450 g/mol. The molecule has 1 fully saturated rings. The van der Waals surface area contributed by atoms with Crippen LogP contribution in [0.3, 0.4) is 0 Å². The highest BCUT2D eigenvalue weighted by Crippen LogP contribution is 2.41. The molecule has 5 nitrogen and oxygen atoms in total. The van der Waals surface area contributed by atoms with Crippen molar-refractivity contribution in [2.45, 2.75) is 85.1 Å². The minimum absolute atomic E-state index is 0.141. The first-order valence-electron chi connectivity index (χ1n) is 13.2. The van der Waals surface area contributed by atoms with Crippen LogP contribution in [0, 0.1) is 0 Å². The Labute approximate surface area is 216 Å². The summed E-state index contributed by atoms with van der Waals surface area (Å²) in [5.74, 6) is -0.199. The predicted octanol–water partition coefficient (Wildman–Crippen LogP) is 7.12. The molecule has 5 heteroatoms. The van der Waals surface area contributed by atoms with Gasteiger partial charge in [0.25, 0.3) is 11.7 Å². The highest BCUT2D eigenvalue weighted by Gasteiger charge is 2.45. The van der Waals surface area contributed by atoms with E-state index in [0.717, 1.165) is 36.1 Å². The van der Waals surface area contributed by atoms with Crippen molar-refractivity contribution in [2.75, 3.05) is 13.2 Å². The quantitative estimate of drug-likeness (QED) is 0.176. The van der Waals surface area contributed by atoms with Crippen LogP contribution in [0.15, 0.2) is 48.0 Å². The normalized spacial score (nSPS) is 17.8. The molecule has 36 heavy (non-hydrogen) atoms. The molecule has 1 amide bonds. The van der Waals surface area contributed by atoms with E-state index in [1.807, 2.05) is 43.3 Å². The van der Waals surface area contributed by atoms with Gasteiger partial charge in [-0.3, -0.25) is 9.59 Å². The third kappa shape index (κ3) is 5.66. The van der Waals surface area contributed by atoms with Gasteiger partial charge in [0.1, 0.15) is 11.5 Å². The number of hydrogen-bond donors (Lipinski definition) is 1. The summed E-state index contributed by atoms with van der Waals surface area (Å²) < 4.78 is 5.83. The Balaban J connectivity index is 2.17. The summed E-state index contributed by atoms with van der Waals surface area (Å²) >= 11 is 0. The van der Waals surface area contributed by atoms with Crippen molar-refractivity contribution in [2.24, 2.45) is 0 Å². The minimum Gasteiger partial charge on any atom is -0.507 e. The number of nitrogens with zero attached hydrogens (tertiary/aromatic N) is 1. The smallest absolute Gasteiger partial charge is 0.295 e. The van der Waals surface area contributed by atoms with Crippen molar-refractivity contribution >= 4 is 17.4 Å². The summed E-state index contributed by atoms with van der Waals surface area (Å²) in [5.41, 5.74) is 3.38. The van der Waals surface area contributed by atoms with Crippen LogP contribution in [0.1, 0.15) is 102 Å². The SMILES string of the molecule is CCCCCN1C(=O)C(=O)/C(=C(\O)c2ccc(OCC)c(C(C)(C)C)c2)C1c1ccc(C(C)C)cc1. The van der Waals surface area contributed by atoms with Gasteiger partial charge in [-0.15, -0.1) is 0 Å². The zero-order valence-electron chi connectivity index (χ0n) is 22.9. The number of amides is 1. The maximum Gasteiger partial charge on any atom is 0.295 e. The van der Waals surface area contributed by atoms with Crippen LogP contribution in [0.5, 0.6) is 5.75 Å². The van der Waals surface area contributed by atoms with Gasteiger partial charge in [-0.25, -0.2) is 0 Å². The Bertz CT molecular complexity index is 1120. The molecule has 2 aromatic carbocycles. The number of ketones is 1. The van der Waals surface area contributed by atoms with E-state index in [0.29, 0.717) is 24.6 Å². The average Bonchev–Trinajstić information content (AvgIpc) is 3.08. The van der Waals surface area contributed by atoms with Gasteiger partial charge in [-0.05, 0) is 54.0 Å². The Morgan fingerprint density at radius 3 is 2.25 bits per heavy atom. The van der Waals surface area contributed by atoms with Crippen molar-refractivity contribution in [1.82, 2.24) is 4.90 Å². The highest BCUT2D eigenvalue weighted by molar-refractivity contribution is 6.46. The first-order valence-corrected chi connectivity index (χ1v) is 13.2. The van der Waals surface area contributed by atoms with E-state index in [2.05, 4.69) is 41.5 Å². The number of carbonyl (C=O) groups is 2. The Morgan fingerprint density at radius 1 is 1.03 bits per heavy atom. The summed E-state index contributed by atoms with van der Waals surface area (Å²) in [5, 5.41) is 11.5. The Hall–Kier alpha value is -3.08. The van der Waals surface area contributed by atoms with Crippen LogP contribution in [-0.2, 0) is 15.0 Å². The van der Waals surface area contributed by atoms with E-state index in [-0.39, 0.29) is 16.7 Å². The van der Waals surface area contributed by atoms with E-state index in [4.69, 9.17) is 4.74 Å². The van der Waals surface area contributed by atoms with Crippen LogP contribution in [0.4, 0.5) is 0 Å². The van der Waals surface area contributed by atoms with E-state index < -0.39 is 17.7 Å². The van der Waals surface area contributed by atoms with Crippen molar-refractivity contribution in [3.8, 4) is 5.75 Å². The van der Waals surface area contributed by atoms with Gasteiger partial charge in [0.05, 0.1) is 18.2 Å². The lowest BCUT2D eigenvalue weighted by atomic mass is 9.84. The second kappa shape index (κ2) is 11.3. The van der Waals surface area contributed by atoms with E-state index >= 15 is 0 Å². The zero-order chi connectivity index (χ0) is 26.6. The molecule has 0 aromatic heterocycles. The van der Waals surface area contributed by atoms with Crippen molar-refractivity contribution in [3.05, 3.63) is 70.3 Å². The molecule has 194 valence electrons. The molecule has 0 radical (unpaired) electrons. The van der Waals surface area contributed by atoms with Gasteiger partial charge in [-0.1, -0.05) is 78.6 Å². The van der Waals surface area contributed by atoms with E-state index in [1.165, 1.54) is 5.56 Å². The fourth-order valence-corrected chi connectivity index (χ4v) is 4.75. The maximum absolute atomic E-state index is 13.3. The zero-order valence-corrected chi connectivity index (χ0v) is 22.9. The van der Waals surface area contributed by atoms with E-state index in [1.54, 1.807) is 11.0 Å². The molecule has 1 unspecified atom stereocenters. The summed E-state index contributed by atoms with van der Waals surface area (Å²) in [6.07, 6.45) is 2.79. The second-order valence-corrected chi connectivity index (χ2v) is 10.9. The van der Waals surface area contributed by atoms with Gasteiger partial charge in [-0.2, -0.15) is 0 Å². The molecular formula is C31H41NO4. The van der Waals surface area contributed by atoms with Crippen LogP contribution >= 0.6 is 0 Å². The lowest BCUT2D eigenvalue weighted by molar-refractivity contribution is -0.139. The second-order valence-electron chi connectivity index (χ2n) is 10.9. The summed E-state index contributed by atoms with van der Waals surface area (Å²) in [6.45, 7) is 15.5. The first kappa shape index (κ1) is 27.5. The molecule has 1 atom stereocenters. The molecule has 1 N–H and O–H groups in total. The number of rotatable bonds is 9. The van der Waals surface area contributed by atoms with Gasteiger partial charge >= 0.3 is 0 Å². The van der Waals surface area contributed by atoms with Crippen molar-refractivity contribution in [3.63, 3.8) is 0 Å². The van der Waals surface area contributed by atoms with Crippen LogP contribution in [0.2, 0.25) is 0 Å². The minimum atomic E-state index is -0.631. The summed E-state index contributed by atoms with van der Waals surface area (Å²) in [7, 11) is 0. The molecule has 1 aliphatic rings. The average molecular weight is 492 g/mol. The van der Waals surface area contributed by atoms with Crippen molar-refractivity contribution in [1.29, 1.82) is 0 Å². The summed E-state index contributed by atoms with van der Waals surface area (Å²) in [6, 6.07) is 12.9. The maximum atomic E-state index is 13.3. The summed E-state index contributed by atoms with van der Waals surface area (Å²) in [4.78, 5) is 28.2. The third-order valence-electron chi connectivity index (χ3n) is 6.82.